The molecule has 0 spiro atoms. The van der Waals surface area contributed by atoms with Crippen molar-refractivity contribution in [2.75, 3.05) is 6.54 Å². The summed E-state index contributed by atoms with van der Waals surface area (Å²) < 4.78 is 0. The first-order valence-corrected chi connectivity index (χ1v) is 8.56. The van der Waals surface area contributed by atoms with Gasteiger partial charge in [0.1, 0.15) is 0 Å². The van der Waals surface area contributed by atoms with Crippen LogP contribution in [0.4, 0.5) is 0 Å². The zero-order valence-electron chi connectivity index (χ0n) is 14.4. The van der Waals surface area contributed by atoms with Gasteiger partial charge in [-0.25, -0.2) is 0 Å². The predicted molar refractivity (Wildman–Crippen MR) is 92.7 cm³/mol. The number of aromatic amines is 1. The van der Waals surface area contributed by atoms with E-state index in [1.807, 2.05) is 30.3 Å². The van der Waals surface area contributed by atoms with Crippen molar-refractivity contribution in [1.29, 1.82) is 0 Å². The Morgan fingerprint density at radius 1 is 1.25 bits per heavy atom. The fraction of sp³-hybridized carbons (Fsp3) is 0.474. The van der Waals surface area contributed by atoms with Crippen molar-refractivity contribution in [3.63, 3.8) is 0 Å². The summed E-state index contributed by atoms with van der Waals surface area (Å²) in [6.45, 7) is 4.17. The molecule has 1 aliphatic rings. The molecule has 1 heterocycles. The number of H-pyrrole nitrogens is 1. The van der Waals surface area contributed by atoms with E-state index in [1.165, 1.54) is 0 Å². The van der Waals surface area contributed by atoms with Gasteiger partial charge in [0.15, 0.2) is 5.69 Å². The predicted octanol–water partition coefficient (Wildman–Crippen LogP) is 2.70. The van der Waals surface area contributed by atoms with Crippen LogP contribution in [0.3, 0.4) is 0 Å². The molecule has 1 amide bonds. The van der Waals surface area contributed by atoms with Gasteiger partial charge in [-0.2, -0.15) is 5.10 Å². The van der Waals surface area contributed by atoms with E-state index in [2.05, 4.69) is 10.2 Å². The molecular weight excluding hydrogens is 302 g/mol. The maximum Gasteiger partial charge on any atom is 0.275 e. The number of carbonyl (C=O) groups is 1. The Bertz CT molecular complexity index is 701. The number of amides is 1. The van der Waals surface area contributed by atoms with Gasteiger partial charge in [0.2, 0.25) is 0 Å². The van der Waals surface area contributed by atoms with Gasteiger partial charge in [0.25, 0.3) is 5.91 Å². The number of aryl methyl sites for hydroxylation is 1. The summed E-state index contributed by atoms with van der Waals surface area (Å²) in [6, 6.07) is 9.85. The number of hydrogen-bond acceptors (Lipinski definition) is 3. The number of aromatic nitrogens is 2. The van der Waals surface area contributed by atoms with E-state index in [9.17, 15) is 9.90 Å². The lowest BCUT2D eigenvalue weighted by atomic mass is 9.95. The van der Waals surface area contributed by atoms with Crippen LogP contribution in [0.2, 0.25) is 0 Å². The van der Waals surface area contributed by atoms with Crippen molar-refractivity contribution in [1.82, 2.24) is 15.1 Å². The smallest absolute Gasteiger partial charge is 0.275 e. The SMILES string of the molecule is CC(C)(O)CN(Cc1ccccc1)C(=O)c1n[nH]c2c1CCCC2. The standard InChI is InChI=1S/C19H25N3O2/c1-19(2,24)13-22(12-14-8-4-3-5-9-14)18(23)17-15-10-6-7-11-16(15)20-21-17/h3-5,8-9,24H,6-7,10-13H2,1-2H3,(H,20,21). The summed E-state index contributed by atoms with van der Waals surface area (Å²) in [5, 5.41) is 17.5. The summed E-state index contributed by atoms with van der Waals surface area (Å²) in [5.41, 5.74) is 2.75. The third-order valence-corrected chi connectivity index (χ3v) is 4.34. The molecule has 5 nitrogen and oxygen atoms in total. The number of carbonyl (C=O) groups excluding carboxylic acids is 1. The Kier molecular flexibility index (Phi) is 4.71. The summed E-state index contributed by atoms with van der Waals surface area (Å²) in [4.78, 5) is 14.8. The maximum absolute atomic E-state index is 13.1. The normalized spacial score (nSPS) is 14.3. The Morgan fingerprint density at radius 2 is 1.96 bits per heavy atom. The molecule has 2 N–H and O–H groups in total. The van der Waals surface area contributed by atoms with Crippen LogP contribution in [0.1, 0.15) is 54.0 Å². The molecule has 1 aliphatic carbocycles. The van der Waals surface area contributed by atoms with Gasteiger partial charge in [-0.1, -0.05) is 30.3 Å². The molecule has 5 heteroatoms. The Labute approximate surface area is 142 Å². The van der Waals surface area contributed by atoms with Gasteiger partial charge in [0.05, 0.1) is 5.60 Å². The maximum atomic E-state index is 13.1. The number of fused-ring (bicyclic) bond motifs is 1. The van der Waals surface area contributed by atoms with E-state index in [0.29, 0.717) is 12.2 Å². The topological polar surface area (TPSA) is 69.2 Å². The Morgan fingerprint density at radius 3 is 2.67 bits per heavy atom. The minimum atomic E-state index is -0.958. The minimum Gasteiger partial charge on any atom is -0.389 e. The molecule has 1 aromatic carbocycles. The first-order chi connectivity index (χ1) is 11.4. The fourth-order valence-electron chi connectivity index (χ4n) is 3.28. The summed E-state index contributed by atoms with van der Waals surface area (Å²) in [7, 11) is 0. The van der Waals surface area contributed by atoms with E-state index in [0.717, 1.165) is 42.5 Å². The number of hydrogen-bond donors (Lipinski definition) is 2. The van der Waals surface area contributed by atoms with Crippen molar-refractivity contribution in [2.24, 2.45) is 0 Å². The molecule has 0 unspecified atom stereocenters. The fourth-order valence-corrected chi connectivity index (χ4v) is 3.28. The first-order valence-electron chi connectivity index (χ1n) is 8.56. The van der Waals surface area contributed by atoms with Gasteiger partial charge in [0, 0.05) is 24.3 Å². The van der Waals surface area contributed by atoms with Gasteiger partial charge in [-0.05, 0) is 45.1 Å². The molecule has 0 saturated heterocycles. The van der Waals surface area contributed by atoms with Gasteiger partial charge in [-0.15, -0.1) is 0 Å². The second kappa shape index (κ2) is 6.77. The van der Waals surface area contributed by atoms with Crippen LogP contribution in [0.25, 0.3) is 0 Å². The lowest BCUT2D eigenvalue weighted by Crippen LogP contribution is -2.42. The molecule has 0 radical (unpaired) electrons. The third-order valence-electron chi connectivity index (χ3n) is 4.34. The van der Waals surface area contributed by atoms with Crippen molar-refractivity contribution in [3.05, 3.63) is 52.8 Å². The summed E-state index contributed by atoms with van der Waals surface area (Å²) >= 11 is 0. The highest BCUT2D eigenvalue weighted by Gasteiger charge is 2.28. The molecule has 1 aromatic heterocycles. The van der Waals surface area contributed by atoms with Crippen molar-refractivity contribution in [2.45, 2.75) is 51.7 Å². The highest BCUT2D eigenvalue weighted by Crippen LogP contribution is 2.24. The van der Waals surface area contributed by atoms with Crippen molar-refractivity contribution >= 4 is 5.91 Å². The average Bonchev–Trinajstić information content (AvgIpc) is 2.97. The molecule has 0 atom stereocenters. The molecule has 3 rings (SSSR count). The van der Waals surface area contributed by atoms with Crippen LogP contribution >= 0.6 is 0 Å². The number of nitrogens with zero attached hydrogens (tertiary/aromatic N) is 2. The van der Waals surface area contributed by atoms with E-state index < -0.39 is 5.60 Å². The zero-order chi connectivity index (χ0) is 17.2. The lowest BCUT2D eigenvalue weighted by molar-refractivity contribution is 0.0276. The molecule has 0 bridgehead atoms. The second-order valence-electron chi connectivity index (χ2n) is 7.20. The number of rotatable bonds is 5. The van der Waals surface area contributed by atoms with Crippen LogP contribution in [-0.2, 0) is 19.4 Å². The Hall–Kier alpha value is -2.14. The first kappa shape index (κ1) is 16.7. The van der Waals surface area contributed by atoms with E-state index in [4.69, 9.17) is 0 Å². The van der Waals surface area contributed by atoms with Crippen molar-refractivity contribution in [3.8, 4) is 0 Å². The second-order valence-corrected chi connectivity index (χ2v) is 7.20. The quantitative estimate of drug-likeness (QED) is 0.887. The molecular formula is C19H25N3O2. The zero-order valence-corrected chi connectivity index (χ0v) is 14.4. The monoisotopic (exact) mass is 327 g/mol. The number of benzene rings is 1. The Balaban J connectivity index is 1.87. The van der Waals surface area contributed by atoms with E-state index in [-0.39, 0.29) is 12.5 Å². The molecule has 0 saturated carbocycles. The van der Waals surface area contributed by atoms with Crippen LogP contribution in [-0.4, -0.2) is 38.3 Å². The lowest BCUT2D eigenvalue weighted by Gasteiger charge is -2.29. The molecule has 128 valence electrons. The summed E-state index contributed by atoms with van der Waals surface area (Å²) in [6.07, 6.45) is 4.09. The molecule has 2 aromatic rings. The highest BCUT2D eigenvalue weighted by molar-refractivity contribution is 5.94. The van der Waals surface area contributed by atoms with E-state index >= 15 is 0 Å². The largest absolute Gasteiger partial charge is 0.389 e. The van der Waals surface area contributed by atoms with E-state index in [1.54, 1.807) is 18.7 Å². The van der Waals surface area contributed by atoms with Crippen molar-refractivity contribution < 1.29 is 9.90 Å². The molecule has 0 fully saturated rings. The highest BCUT2D eigenvalue weighted by atomic mass is 16.3. The van der Waals surface area contributed by atoms with Gasteiger partial charge >= 0.3 is 0 Å². The van der Waals surface area contributed by atoms with Crippen LogP contribution < -0.4 is 0 Å². The minimum absolute atomic E-state index is 0.111. The van der Waals surface area contributed by atoms with Crippen LogP contribution in [0.5, 0.6) is 0 Å². The third kappa shape index (κ3) is 3.85. The number of aliphatic hydroxyl groups is 1. The van der Waals surface area contributed by atoms with Gasteiger partial charge in [-0.3, -0.25) is 9.89 Å². The number of nitrogens with one attached hydrogen (secondary N) is 1. The average molecular weight is 327 g/mol. The summed E-state index contributed by atoms with van der Waals surface area (Å²) in [5.74, 6) is -0.111. The van der Waals surface area contributed by atoms with Gasteiger partial charge < -0.3 is 10.0 Å². The van der Waals surface area contributed by atoms with Crippen LogP contribution in [0, 0.1) is 0 Å². The molecule has 24 heavy (non-hydrogen) atoms. The van der Waals surface area contributed by atoms with Crippen LogP contribution in [0.15, 0.2) is 30.3 Å². The molecule has 0 aliphatic heterocycles.